The van der Waals surface area contributed by atoms with Gasteiger partial charge in [-0.15, -0.1) is 0 Å². The molecule has 94 valence electrons. The normalized spacial score (nSPS) is 40.8. The highest BCUT2D eigenvalue weighted by Crippen LogP contribution is 2.23. The number of rotatable bonds is 2. The topological polar surface area (TPSA) is 139 Å². The first-order valence-electron chi connectivity index (χ1n) is 4.78. The van der Waals surface area contributed by atoms with Crippen molar-refractivity contribution in [3.63, 3.8) is 0 Å². The summed E-state index contributed by atoms with van der Waals surface area (Å²) in [5, 5.41) is 40.1. The van der Waals surface area contributed by atoms with Crippen molar-refractivity contribution in [2.45, 2.75) is 37.6 Å². The molecule has 0 radical (unpaired) electrons. The van der Waals surface area contributed by atoms with Crippen LogP contribution in [0.3, 0.4) is 0 Å². The van der Waals surface area contributed by atoms with Crippen LogP contribution >= 0.6 is 0 Å². The minimum Gasteiger partial charge on any atom is -0.388 e. The predicted molar refractivity (Wildman–Crippen MR) is 51.8 cm³/mol. The maximum absolute atomic E-state index is 10.8. The number of hydrogen-bond acceptors (Lipinski definition) is 6. The van der Waals surface area contributed by atoms with Gasteiger partial charge in [0.25, 0.3) is 0 Å². The summed E-state index contributed by atoms with van der Waals surface area (Å²) in [5.41, 5.74) is 0. The van der Waals surface area contributed by atoms with E-state index in [1.807, 2.05) is 0 Å². The van der Waals surface area contributed by atoms with E-state index in [0.29, 0.717) is 0 Å². The Morgan fingerprint density at radius 3 is 2.38 bits per heavy atom. The Kier molecular flexibility index (Phi) is 4.19. The molecule has 8 nitrogen and oxygen atoms in total. The minimum absolute atomic E-state index is 0.480. The van der Waals surface area contributed by atoms with Gasteiger partial charge in [0.1, 0.15) is 12.7 Å². The van der Waals surface area contributed by atoms with Gasteiger partial charge in [-0.25, -0.2) is 0 Å². The quantitative estimate of drug-likeness (QED) is 0.274. The van der Waals surface area contributed by atoms with Crippen LogP contribution in [0.4, 0.5) is 0 Å². The van der Waals surface area contributed by atoms with E-state index in [2.05, 4.69) is 5.32 Å². The summed E-state index contributed by atoms with van der Waals surface area (Å²) in [4.78, 5) is 10.8. The molecule has 1 rings (SSSR count). The summed E-state index contributed by atoms with van der Waals surface area (Å²) in [6.07, 6.45) is -5.32. The van der Waals surface area contributed by atoms with Gasteiger partial charge in [0.05, 0.1) is 0 Å². The van der Waals surface area contributed by atoms with E-state index < -0.39 is 43.2 Å². The maximum Gasteiger partial charge on any atom is 0.309 e. The van der Waals surface area contributed by atoms with Gasteiger partial charge >= 0.3 is 6.29 Å². The van der Waals surface area contributed by atoms with Gasteiger partial charge in [-0.3, -0.25) is 9.26 Å². The van der Waals surface area contributed by atoms with Crippen molar-refractivity contribution in [2.24, 2.45) is 5.90 Å². The molecule has 0 aromatic carbocycles. The van der Waals surface area contributed by atoms with Crippen molar-refractivity contribution < 1.29 is 29.7 Å². The van der Waals surface area contributed by atoms with Gasteiger partial charge in [-0.1, -0.05) is 5.90 Å². The fourth-order valence-corrected chi connectivity index (χ4v) is 1.70. The number of hydrogen-bond donors (Lipinski definition) is 6. The molecule has 0 aliphatic carbocycles. The van der Waals surface area contributed by atoms with E-state index in [4.69, 9.17) is 11.0 Å². The van der Waals surface area contributed by atoms with Crippen molar-refractivity contribution >= 4 is 5.91 Å². The minimum atomic E-state index is -1.46. The van der Waals surface area contributed by atoms with Gasteiger partial charge in [0.15, 0.2) is 12.1 Å². The lowest BCUT2D eigenvalue weighted by Gasteiger charge is -2.40. The number of amides is 1. The lowest BCUT2D eigenvalue weighted by Crippen LogP contribution is -2.69. The SMILES string of the molecule is CC(=O)N[C@@H]1[C@@H](O)[C@H](O)[C@@H](CO)[O+](N)[C@@H]1O. The van der Waals surface area contributed by atoms with Crippen molar-refractivity contribution in [3.05, 3.63) is 0 Å². The van der Waals surface area contributed by atoms with Crippen molar-refractivity contribution in [2.75, 3.05) is 6.61 Å². The Balaban J connectivity index is 2.84. The van der Waals surface area contributed by atoms with E-state index in [-0.39, 0.29) is 0 Å². The van der Waals surface area contributed by atoms with Crippen LogP contribution in [0.15, 0.2) is 0 Å². The summed E-state index contributed by atoms with van der Waals surface area (Å²) in [7, 11) is 0. The highest BCUT2D eigenvalue weighted by atomic mass is 16.9. The van der Waals surface area contributed by atoms with Crippen LogP contribution in [0.25, 0.3) is 0 Å². The molecule has 16 heavy (non-hydrogen) atoms. The van der Waals surface area contributed by atoms with Crippen LogP contribution in [-0.2, 0) is 9.26 Å². The van der Waals surface area contributed by atoms with Crippen LogP contribution in [-0.4, -0.2) is 63.6 Å². The molecular weight excluding hydrogens is 220 g/mol. The molecule has 1 aliphatic heterocycles. The third-order valence-corrected chi connectivity index (χ3v) is 2.58. The fraction of sp³-hybridized carbons (Fsp3) is 0.875. The van der Waals surface area contributed by atoms with Crippen LogP contribution in [0.5, 0.6) is 0 Å². The molecule has 0 saturated carbocycles. The smallest absolute Gasteiger partial charge is 0.309 e. The Hall–Kier alpha value is -0.770. The highest BCUT2D eigenvalue weighted by molar-refractivity contribution is 5.73. The van der Waals surface area contributed by atoms with Crippen LogP contribution in [0, 0.1) is 0 Å². The van der Waals surface area contributed by atoms with E-state index in [0.717, 1.165) is 0 Å². The molecule has 1 amide bonds. The summed E-state index contributed by atoms with van der Waals surface area (Å²) >= 11 is 0. The zero-order valence-corrected chi connectivity index (χ0v) is 8.78. The van der Waals surface area contributed by atoms with Gasteiger partial charge in [-0.05, 0) is 0 Å². The molecule has 1 aliphatic rings. The first-order valence-corrected chi connectivity index (χ1v) is 4.78. The molecule has 0 aromatic heterocycles. The second-order valence-electron chi connectivity index (χ2n) is 3.73. The van der Waals surface area contributed by atoms with Crippen molar-refractivity contribution in [1.29, 1.82) is 0 Å². The van der Waals surface area contributed by atoms with Crippen molar-refractivity contribution in [3.8, 4) is 0 Å². The van der Waals surface area contributed by atoms with E-state index in [1.54, 1.807) is 4.47 Å². The van der Waals surface area contributed by atoms with Gasteiger partial charge < -0.3 is 25.7 Å². The lowest BCUT2D eigenvalue weighted by atomic mass is 9.97. The van der Waals surface area contributed by atoms with Crippen LogP contribution in [0.2, 0.25) is 0 Å². The summed E-state index contributed by atoms with van der Waals surface area (Å²) in [6.45, 7) is 0.652. The molecular formula is C8H17N2O6+. The van der Waals surface area contributed by atoms with E-state index >= 15 is 0 Å². The predicted octanol–water partition coefficient (Wildman–Crippen LogP) is -3.67. The Morgan fingerprint density at radius 1 is 1.38 bits per heavy atom. The molecule has 1 heterocycles. The molecule has 1 fully saturated rings. The number of carbonyl (C=O) groups is 1. The number of aliphatic hydroxyl groups excluding tert-OH is 4. The summed E-state index contributed by atoms with van der Waals surface area (Å²) in [5.74, 6) is 4.89. The third kappa shape index (κ3) is 2.32. The Morgan fingerprint density at radius 2 is 1.94 bits per heavy atom. The summed E-state index contributed by atoms with van der Waals surface area (Å²) in [6, 6.07) is -1.13. The number of aliphatic hydroxyl groups is 4. The number of nitrogens with two attached hydrogens (primary N) is 1. The second kappa shape index (κ2) is 5.04. The monoisotopic (exact) mass is 237 g/mol. The molecule has 0 unspecified atom stereocenters. The lowest BCUT2D eigenvalue weighted by molar-refractivity contribution is -0.380. The molecule has 0 spiro atoms. The average molecular weight is 237 g/mol. The third-order valence-electron chi connectivity index (χ3n) is 2.58. The maximum atomic E-state index is 10.8. The molecule has 0 aromatic rings. The number of nitrogens with one attached hydrogen (secondary N) is 1. The molecule has 5 atom stereocenters. The molecule has 1 saturated heterocycles. The average Bonchev–Trinajstić information content (AvgIpc) is 2.22. The largest absolute Gasteiger partial charge is 0.388 e. The number of carbonyl (C=O) groups excluding carboxylic acids is 1. The molecule has 8 heteroatoms. The zero-order valence-electron chi connectivity index (χ0n) is 8.78. The zero-order chi connectivity index (χ0) is 12.5. The first-order chi connectivity index (χ1) is 7.40. The van der Waals surface area contributed by atoms with E-state index in [1.165, 1.54) is 6.92 Å². The fourth-order valence-electron chi connectivity index (χ4n) is 1.70. The standard InChI is InChI=1S/C8H16N2O6/c1-3(12)10-5-7(14)6(13)4(2-11)16(9)8(5)15/h4-8,11,13-15H,2,9H2,1H3/p+1/t4-,5-,6-,7-,8+/m1/s1. The van der Waals surface area contributed by atoms with Crippen molar-refractivity contribution in [1.82, 2.24) is 5.32 Å². The van der Waals surface area contributed by atoms with Crippen LogP contribution < -0.4 is 11.2 Å². The Bertz CT molecular complexity index is 247. The van der Waals surface area contributed by atoms with Crippen LogP contribution in [0.1, 0.15) is 6.92 Å². The van der Waals surface area contributed by atoms with Gasteiger partial charge in [-0.2, -0.15) is 0 Å². The summed E-state index contributed by atoms with van der Waals surface area (Å²) < 4.78 is 1.68. The molecule has 0 bridgehead atoms. The first kappa shape index (κ1) is 13.3. The van der Waals surface area contributed by atoms with Gasteiger partial charge in [0.2, 0.25) is 12.0 Å². The second-order valence-corrected chi connectivity index (χ2v) is 3.73. The van der Waals surface area contributed by atoms with E-state index in [9.17, 15) is 20.1 Å². The highest BCUT2D eigenvalue weighted by Gasteiger charge is 2.53. The molecule has 7 N–H and O–H groups in total. The Labute approximate surface area is 91.9 Å². The van der Waals surface area contributed by atoms with Gasteiger partial charge in [0, 0.05) is 6.92 Å².